The van der Waals surface area contributed by atoms with E-state index in [1.165, 1.54) is 17.7 Å². The van der Waals surface area contributed by atoms with Crippen LogP contribution < -0.4 is 0 Å². The van der Waals surface area contributed by atoms with Crippen LogP contribution in [0, 0.1) is 5.82 Å². The van der Waals surface area contributed by atoms with Crippen molar-refractivity contribution in [2.75, 3.05) is 12.4 Å². The molecule has 0 aliphatic carbocycles. The molecule has 1 fully saturated rings. The second kappa shape index (κ2) is 7.53. The summed E-state index contributed by atoms with van der Waals surface area (Å²) >= 11 is 0. The summed E-state index contributed by atoms with van der Waals surface area (Å²) in [5, 5.41) is 8.86. The lowest BCUT2D eigenvalue weighted by Crippen LogP contribution is -2.19. The average Bonchev–Trinajstić information content (AvgIpc) is 3.09. The van der Waals surface area contributed by atoms with Crippen molar-refractivity contribution in [1.82, 2.24) is 0 Å². The minimum atomic E-state index is -3.09. The van der Waals surface area contributed by atoms with Gasteiger partial charge in [-0.05, 0) is 49.5 Å². The lowest BCUT2D eigenvalue weighted by atomic mass is 9.95. The molecule has 0 amide bonds. The van der Waals surface area contributed by atoms with Gasteiger partial charge in [0.1, 0.15) is 5.25 Å². The highest BCUT2D eigenvalue weighted by atomic mass is 32.2. The predicted molar refractivity (Wildman–Crippen MR) is 100 cm³/mol. The maximum absolute atomic E-state index is 13.5. The highest BCUT2D eigenvalue weighted by molar-refractivity contribution is 7.92. The number of ether oxygens (including phenoxy) is 1. The Balaban J connectivity index is 1.73. The number of aromatic hydroxyl groups is 1. The number of rotatable bonds is 6. The minimum absolute atomic E-state index is 0.144. The molecule has 1 N–H and O–H groups in total. The molecule has 6 heteroatoms. The van der Waals surface area contributed by atoms with E-state index in [2.05, 4.69) is 6.92 Å². The molecule has 142 valence electrons. The van der Waals surface area contributed by atoms with E-state index in [9.17, 15) is 17.9 Å². The van der Waals surface area contributed by atoms with Crippen LogP contribution in [0.25, 0.3) is 6.08 Å². The fraction of sp³-hybridized carbons (Fsp3) is 0.500. The van der Waals surface area contributed by atoms with Gasteiger partial charge >= 0.3 is 0 Å². The number of hydrogen-bond acceptors (Lipinski definition) is 4. The first-order valence-electron chi connectivity index (χ1n) is 9.02. The number of halogens is 1. The molecule has 1 saturated heterocycles. The number of sulfone groups is 1. The second-order valence-corrected chi connectivity index (χ2v) is 9.34. The molecular weight excluding hydrogens is 355 g/mol. The molecule has 1 aromatic carbocycles. The Morgan fingerprint density at radius 3 is 2.85 bits per heavy atom. The van der Waals surface area contributed by atoms with Crippen LogP contribution in [0.4, 0.5) is 4.39 Å². The standard InChI is InChI=1S/C20H25FO4S/c1-3-4-14(9-15-5-7-17(22)16(21)10-15)6-8-18-20-13(2)12-26(23,24)19(20)11-25-18/h5,7,9-10,18-19,22H,3-4,6,8,11-12H2,1-2H3/b14-9+/t18-,19+/m1/s1. The first-order valence-corrected chi connectivity index (χ1v) is 10.7. The third-order valence-electron chi connectivity index (χ3n) is 5.13. The number of phenols is 1. The topological polar surface area (TPSA) is 63.6 Å². The minimum Gasteiger partial charge on any atom is -0.505 e. The molecule has 0 unspecified atom stereocenters. The van der Waals surface area contributed by atoms with Crippen molar-refractivity contribution in [3.8, 4) is 5.75 Å². The smallest absolute Gasteiger partial charge is 0.165 e. The fourth-order valence-corrected chi connectivity index (χ4v) is 5.91. The van der Waals surface area contributed by atoms with E-state index in [4.69, 9.17) is 4.74 Å². The van der Waals surface area contributed by atoms with E-state index >= 15 is 0 Å². The van der Waals surface area contributed by atoms with E-state index in [1.807, 2.05) is 13.0 Å². The van der Waals surface area contributed by atoms with Gasteiger partial charge in [-0.25, -0.2) is 12.8 Å². The highest BCUT2D eigenvalue weighted by Crippen LogP contribution is 2.38. The van der Waals surface area contributed by atoms with Crippen molar-refractivity contribution in [1.29, 1.82) is 0 Å². The van der Waals surface area contributed by atoms with E-state index in [-0.39, 0.29) is 24.2 Å². The van der Waals surface area contributed by atoms with Crippen molar-refractivity contribution >= 4 is 15.9 Å². The van der Waals surface area contributed by atoms with Crippen LogP contribution in [-0.4, -0.2) is 37.2 Å². The van der Waals surface area contributed by atoms with E-state index in [1.54, 1.807) is 6.07 Å². The van der Waals surface area contributed by atoms with Gasteiger partial charge in [-0.1, -0.05) is 36.6 Å². The van der Waals surface area contributed by atoms with Crippen LogP contribution >= 0.6 is 0 Å². The van der Waals surface area contributed by atoms with Gasteiger partial charge in [0.15, 0.2) is 21.4 Å². The Bertz CT molecular complexity index is 855. The summed E-state index contributed by atoms with van der Waals surface area (Å²) in [4.78, 5) is 0. The average molecular weight is 380 g/mol. The molecule has 0 spiro atoms. The summed E-state index contributed by atoms with van der Waals surface area (Å²) in [7, 11) is -3.09. The monoisotopic (exact) mass is 380 g/mol. The molecule has 2 atom stereocenters. The third-order valence-corrected chi connectivity index (χ3v) is 7.22. The lowest BCUT2D eigenvalue weighted by molar-refractivity contribution is 0.117. The van der Waals surface area contributed by atoms with Crippen molar-refractivity contribution in [2.24, 2.45) is 0 Å². The second-order valence-electron chi connectivity index (χ2n) is 7.16. The van der Waals surface area contributed by atoms with Gasteiger partial charge in [0, 0.05) is 0 Å². The van der Waals surface area contributed by atoms with Crippen molar-refractivity contribution in [3.05, 3.63) is 46.3 Å². The highest BCUT2D eigenvalue weighted by Gasteiger charge is 2.45. The molecule has 1 aromatic rings. The van der Waals surface area contributed by atoms with Crippen molar-refractivity contribution < 1.29 is 22.7 Å². The third kappa shape index (κ3) is 3.86. The Kier molecular flexibility index (Phi) is 5.53. The Morgan fingerprint density at radius 1 is 1.38 bits per heavy atom. The maximum Gasteiger partial charge on any atom is 0.165 e. The predicted octanol–water partition coefficient (Wildman–Crippen LogP) is 4.01. The zero-order valence-corrected chi connectivity index (χ0v) is 16.0. The van der Waals surface area contributed by atoms with E-state index in [0.717, 1.165) is 36.8 Å². The molecule has 0 saturated carbocycles. The molecule has 3 rings (SSSR count). The van der Waals surface area contributed by atoms with Crippen LogP contribution in [0.2, 0.25) is 0 Å². The van der Waals surface area contributed by atoms with Gasteiger partial charge < -0.3 is 9.84 Å². The quantitative estimate of drug-likeness (QED) is 0.758. The number of allylic oxidation sites excluding steroid dienone is 1. The molecule has 2 aliphatic heterocycles. The number of phenolic OH excluding ortho intramolecular Hbond substituents is 1. The molecule has 4 nitrogen and oxygen atoms in total. The first-order chi connectivity index (χ1) is 12.3. The van der Waals surface area contributed by atoms with Crippen LogP contribution in [0.3, 0.4) is 0 Å². The van der Waals surface area contributed by atoms with Gasteiger partial charge in [-0.2, -0.15) is 0 Å². The Hall–Kier alpha value is -1.66. The van der Waals surface area contributed by atoms with Crippen molar-refractivity contribution in [2.45, 2.75) is 50.9 Å². The van der Waals surface area contributed by atoms with Gasteiger partial charge in [-0.15, -0.1) is 0 Å². The summed E-state index contributed by atoms with van der Waals surface area (Å²) in [6.07, 6.45) is 5.15. The molecular formula is C20H25FO4S. The molecule has 0 bridgehead atoms. The molecule has 0 radical (unpaired) electrons. The van der Waals surface area contributed by atoms with Gasteiger partial charge in [0.25, 0.3) is 0 Å². The SMILES string of the molecule is CCC/C(=C\c1ccc(O)c(F)c1)CC[C@H]1OC[C@H]2C1=C(C)CS2(=O)=O. The van der Waals surface area contributed by atoms with Gasteiger partial charge in [0.05, 0.1) is 18.5 Å². The zero-order valence-electron chi connectivity index (χ0n) is 15.2. The number of fused-ring (bicyclic) bond motifs is 1. The number of benzene rings is 1. The van der Waals surface area contributed by atoms with Crippen molar-refractivity contribution in [3.63, 3.8) is 0 Å². The summed E-state index contributed by atoms with van der Waals surface area (Å²) in [5.74, 6) is -0.833. The van der Waals surface area contributed by atoms with E-state index < -0.39 is 20.9 Å². The summed E-state index contributed by atoms with van der Waals surface area (Å²) in [5.41, 5.74) is 3.77. The summed E-state index contributed by atoms with van der Waals surface area (Å²) < 4.78 is 43.6. The molecule has 26 heavy (non-hydrogen) atoms. The summed E-state index contributed by atoms with van der Waals surface area (Å²) in [6, 6.07) is 4.36. The molecule has 2 heterocycles. The normalized spacial score (nSPS) is 25.0. The lowest BCUT2D eigenvalue weighted by Gasteiger charge is -2.14. The van der Waals surface area contributed by atoms with Gasteiger partial charge in [-0.3, -0.25) is 0 Å². The largest absolute Gasteiger partial charge is 0.505 e. The van der Waals surface area contributed by atoms with Crippen LogP contribution in [0.15, 0.2) is 34.9 Å². The van der Waals surface area contributed by atoms with Crippen LogP contribution in [0.1, 0.15) is 45.1 Å². The van der Waals surface area contributed by atoms with Crippen LogP contribution in [-0.2, 0) is 14.6 Å². The van der Waals surface area contributed by atoms with E-state index in [0.29, 0.717) is 5.56 Å². The fourth-order valence-electron chi connectivity index (χ4n) is 3.92. The Morgan fingerprint density at radius 2 is 2.15 bits per heavy atom. The maximum atomic E-state index is 13.5. The Labute approximate surface area is 154 Å². The number of hydrogen-bond donors (Lipinski definition) is 1. The zero-order chi connectivity index (χ0) is 18.9. The summed E-state index contributed by atoms with van der Waals surface area (Å²) in [6.45, 7) is 4.23. The van der Waals surface area contributed by atoms with Crippen LogP contribution in [0.5, 0.6) is 5.75 Å². The molecule has 0 aromatic heterocycles. The molecule has 2 aliphatic rings. The van der Waals surface area contributed by atoms with Gasteiger partial charge in [0.2, 0.25) is 0 Å². The first kappa shape index (κ1) is 19.1.